The molecule has 154 valence electrons. The molecule has 2 atom stereocenters. The van der Waals surface area contributed by atoms with Crippen LogP contribution in [-0.2, 0) is 0 Å². The number of hydrogen-bond acceptors (Lipinski definition) is 5. The van der Waals surface area contributed by atoms with Crippen LogP contribution in [0, 0.1) is 5.82 Å². The van der Waals surface area contributed by atoms with Crippen LogP contribution in [0.15, 0.2) is 42.9 Å². The van der Waals surface area contributed by atoms with E-state index in [1.54, 1.807) is 18.5 Å². The molecule has 3 aromatic rings. The Bertz CT molecular complexity index is 1040. The first-order valence-corrected chi connectivity index (χ1v) is 10.7. The van der Waals surface area contributed by atoms with Crippen molar-refractivity contribution in [3.05, 3.63) is 65.5 Å². The van der Waals surface area contributed by atoms with Crippen LogP contribution < -0.4 is 4.74 Å². The predicted octanol–water partition coefficient (Wildman–Crippen LogP) is 5.40. The van der Waals surface area contributed by atoms with Crippen molar-refractivity contribution in [2.24, 2.45) is 0 Å². The van der Waals surface area contributed by atoms with Crippen molar-refractivity contribution in [2.45, 2.75) is 56.3 Å². The Morgan fingerprint density at radius 2 is 1.77 bits per heavy atom. The normalized spacial score (nSPS) is 21.4. The first-order valence-electron chi connectivity index (χ1n) is 10.7. The third-order valence-electron chi connectivity index (χ3n) is 6.40. The van der Waals surface area contributed by atoms with Crippen molar-refractivity contribution >= 4 is 0 Å². The summed E-state index contributed by atoms with van der Waals surface area (Å²) >= 11 is 0. The summed E-state index contributed by atoms with van der Waals surface area (Å²) < 4.78 is 19.0. The number of benzene rings is 1. The van der Waals surface area contributed by atoms with Gasteiger partial charge in [-0.05, 0) is 60.4 Å². The summed E-state index contributed by atoms with van der Waals surface area (Å²) in [5.41, 5.74) is 3.51. The molecule has 0 spiro atoms. The van der Waals surface area contributed by atoms with Gasteiger partial charge in [-0.25, -0.2) is 24.3 Å². The van der Waals surface area contributed by atoms with E-state index in [2.05, 4.69) is 15.0 Å². The van der Waals surface area contributed by atoms with Crippen LogP contribution in [0.3, 0.4) is 0 Å². The lowest BCUT2D eigenvalue weighted by molar-refractivity contribution is 0.386. The average molecular weight is 404 g/mol. The third-order valence-corrected chi connectivity index (χ3v) is 6.40. The summed E-state index contributed by atoms with van der Waals surface area (Å²) in [6, 6.07) is 6.99. The van der Waals surface area contributed by atoms with Crippen molar-refractivity contribution in [3.63, 3.8) is 0 Å². The highest BCUT2D eigenvalue weighted by Crippen LogP contribution is 2.56. The first-order chi connectivity index (χ1) is 14.7. The minimum Gasteiger partial charge on any atom is -0.494 e. The first kappa shape index (κ1) is 19.1. The van der Waals surface area contributed by atoms with Crippen LogP contribution in [-0.4, -0.2) is 27.0 Å². The molecule has 2 saturated carbocycles. The highest BCUT2D eigenvalue weighted by Gasteiger charge is 2.42. The molecule has 2 heterocycles. The van der Waals surface area contributed by atoms with E-state index >= 15 is 0 Å². The van der Waals surface area contributed by atoms with Crippen LogP contribution in [0.4, 0.5) is 4.39 Å². The number of aromatic nitrogens is 4. The standard InChI is InChI=1S/C24H25FN4O/c1-30-21-12-16(8-9-20(21)25)17-13-18(17)19-14-28-24(23-26-10-5-11-27-23)29-22(19)15-6-3-2-4-7-15/h5,8-12,14-15,17-18H,2-4,6-7,13H2,1H3/t17-,18+/m0/s1. The van der Waals surface area contributed by atoms with Gasteiger partial charge < -0.3 is 4.74 Å². The summed E-state index contributed by atoms with van der Waals surface area (Å²) in [5, 5.41) is 0. The molecule has 2 aliphatic carbocycles. The Balaban J connectivity index is 1.49. The average Bonchev–Trinajstić information content (AvgIpc) is 3.61. The number of nitrogens with zero attached hydrogens (tertiary/aromatic N) is 4. The maximum atomic E-state index is 13.8. The second kappa shape index (κ2) is 8.09. The quantitative estimate of drug-likeness (QED) is 0.570. The number of hydrogen-bond donors (Lipinski definition) is 0. The topological polar surface area (TPSA) is 60.8 Å². The molecule has 0 unspecified atom stereocenters. The van der Waals surface area contributed by atoms with Crippen LogP contribution in [0.1, 0.15) is 73.1 Å². The lowest BCUT2D eigenvalue weighted by Gasteiger charge is -2.23. The molecule has 6 heteroatoms. The van der Waals surface area contributed by atoms with Gasteiger partial charge in [-0.1, -0.05) is 25.3 Å². The third kappa shape index (κ3) is 3.66. The lowest BCUT2D eigenvalue weighted by atomic mass is 9.84. The molecule has 1 aromatic carbocycles. The van der Waals surface area contributed by atoms with Crippen molar-refractivity contribution in [1.29, 1.82) is 0 Å². The fourth-order valence-corrected chi connectivity index (χ4v) is 4.73. The van der Waals surface area contributed by atoms with E-state index < -0.39 is 0 Å². The van der Waals surface area contributed by atoms with Gasteiger partial charge in [-0.2, -0.15) is 0 Å². The van der Waals surface area contributed by atoms with Gasteiger partial charge in [0.2, 0.25) is 0 Å². The molecule has 0 radical (unpaired) electrons. The molecule has 0 N–H and O–H groups in total. The van der Waals surface area contributed by atoms with Gasteiger partial charge in [0.1, 0.15) is 0 Å². The molecule has 2 aliphatic rings. The van der Waals surface area contributed by atoms with E-state index in [4.69, 9.17) is 9.72 Å². The highest BCUT2D eigenvalue weighted by molar-refractivity contribution is 5.47. The van der Waals surface area contributed by atoms with Gasteiger partial charge in [-0.15, -0.1) is 0 Å². The van der Waals surface area contributed by atoms with Crippen molar-refractivity contribution in [2.75, 3.05) is 7.11 Å². The summed E-state index contributed by atoms with van der Waals surface area (Å²) in [6.45, 7) is 0. The number of ether oxygens (including phenoxy) is 1. The van der Waals surface area contributed by atoms with Crippen LogP contribution in [0.25, 0.3) is 11.6 Å². The minimum atomic E-state index is -0.322. The second-order valence-corrected chi connectivity index (χ2v) is 8.28. The molecule has 0 bridgehead atoms. The fraction of sp³-hybridized carbons (Fsp3) is 0.417. The van der Waals surface area contributed by atoms with E-state index in [0.29, 0.717) is 35.2 Å². The van der Waals surface area contributed by atoms with E-state index in [1.165, 1.54) is 50.8 Å². The molecular formula is C24H25FN4O. The SMILES string of the molecule is COc1cc([C@@H]2C[C@H]2c2cnc(-c3ncccn3)nc2C2CCCCC2)ccc1F. The van der Waals surface area contributed by atoms with Gasteiger partial charge in [0.05, 0.1) is 12.8 Å². The van der Waals surface area contributed by atoms with E-state index in [9.17, 15) is 4.39 Å². The molecule has 5 rings (SSSR count). The van der Waals surface area contributed by atoms with E-state index in [-0.39, 0.29) is 5.82 Å². The zero-order valence-corrected chi connectivity index (χ0v) is 17.1. The number of halogens is 1. The highest BCUT2D eigenvalue weighted by atomic mass is 19.1. The van der Waals surface area contributed by atoms with Gasteiger partial charge in [0.15, 0.2) is 23.2 Å². The Morgan fingerprint density at radius 3 is 2.53 bits per heavy atom. The minimum absolute atomic E-state index is 0.304. The van der Waals surface area contributed by atoms with E-state index in [1.807, 2.05) is 18.3 Å². The van der Waals surface area contributed by atoms with Crippen molar-refractivity contribution < 1.29 is 9.13 Å². The molecule has 5 nitrogen and oxygen atoms in total. The Morgan fingerprint density at radius 1 is 0.967 bits per heavy atom. The van der Waals surface area contributed by atoms with Crippen LogP contribution in [0.5, 0.6) is 5.75 Å². The Hall–Kier alpha value is -2.89. The van der Waals surface area contributed by atoms with Gasteiger partial charge in [0, 0.05) is 24.5 Å². The zero-order valence-electron chi connectivity index (χ0n) is 17.1. The monoisotopic (exact) mass is 404 g/mol. The largest absolute Gasteiger partial charge is 0.494 e. The maximum absolute atomic E-state index is 13.8. The van der Waals surface area contributed by atoms with Crippen molar-refractivity contribution in [1.82, 2.24) is 19.9 Å². The van der Waals surface area contributed by atoms with Crippen LogP contribution in [0.2, 0.25) is 0 Å². The summed E-state index contributed by atoms with van der Waals surface area (Å²) in [5.74, 6) is 2.32. The zero-order chi connectivity index (χ0) is 20.5. The van der Waals surface area contributed by atoms with Gasteiger partial charge >= 0.3 is 0 Å². The Kier molecular flexibility index (Phi) is 5.15. The molecule has 0 amide bonds. The summed E-state index contributed by atoms with van der Waals surface area (Å²) in [6.07, 6.45) is 12.6. The smallest absolute Gasteiger partial charge is 0.197 e. The predicted molar refractivity (Wildman–Crippen MR) is 112 cm³/mol. The molecule has 0 saturated heterocycles. The van der Waals surface area contributed by atoms with E-state index in [0.717, 1.165) is 17.7 Å². The van der Waals surface area contributed by atoms with Crippen molar-refractivity contribution in [3.8, 4) is 17.4 Å². The summed E-state index contributed by atoms with van der Waals surface area (Å²) in [4.78, 5) is 18.3. The van der Waals surface area contributed by atoms with Crippen LogP contribution >= 0.6 is 0 Å². The molecule has 2 fully saturated rings. The Labute approximate surface area is 175 Å². The summed E-state index contributed by atoms with van der Waals surface area (Å²) in [7, 11) is 1.51. The molecule has 30 heavy (non-hydrogen) atoms. The second-order valence-electron chi connectivity index (χ2n) is 8.28. The number of rotatable bonds is 5. The van der Waals surface area contributed by atoms with Gasteiger partial charge in [-0.3, -0.25) is 0 Å². The van der Waals surface area contributed by atoms with Gasteiger partial charge in [0.25, 0.3) is 0 Å². The molecular weight excluding hydrogens is 379 g/mol. The fourth-order valence-electron chi connectivity index (χ4n) is 4.73. The number of methoxy groups -OCH3 is 1. The maximum Gasteiger partial charge on any atom is 0.197 e. The lowest BCUT2D eigenvalue weighted by Crippen LogP contribution is -2.11. The molecule has 2 aromatic heterocycles. The molecule has 0 aliphatic heterocycles.